The molecule has 0 aromatic carbocycles. The summed E-state index contributed by atoms with van der Waals surface area (Å²) in [7, 11) is 0. The molecule has 0 aromatic heterocycles. The number of amides is 1. The summed E-state index contributed by atoms with van der Waals surface area (Å²) in [5.41, 5.74) is -0.813. The van der Waals surface area contributed by atoms with Crippen molar-refractivity contribution in [2.75, 3.05) is 6.61 Å². The second-order valence-electron chi connectivity index (χ2n) is 3.11. The zero-order valence-corrected chi connectivity index (χ0v) is 7.46. The molecule has 1 amide bonds. The molecule has 1 aliphatic rings. The highest BCUT2D eigenvalue weighted by Crippen LogP contribution is 2.22. The number of aliphatic hydroxyl groups is 1. The van der Waals surface area contributed by atoms with Gasteiger partial charge in [0.25, 0.3) is 0 Å². The molecule has 1 aliphatic heterocycles. The molecule has 12 heavy (non-hydrogen) atoms. The Labute approximate surface area is 71.9 Å². The van der Waals surface area contributed by atoms with E-state index in [4.69, 9.17) is 4.74 Å². The Kier molecular flexibility index (Phi) is 2.57. The number of carbonyl (C=O) groups is 1. The maximum Gasteiger partial charge on any atom is 0.407 e. The van der Waals surface area contributed by atoms with Crippen LogP contribution in [0.15, 0.2) is 0 Å². The van der Waals surface area contributed by atoms with Crippen LogP contribution in [0.5, 0.6) is 0 Å². The van der Waals surface area contributed by atoms with Gasteiger partial charge in [0.15, 0.2) is 0 Å². The SMILES string of the molecule is CCC(O)(CC)C1COC(=O)N1. The average molecular weight is 173 g/mol. The Morgan fingerprint density at radius 3 is 2.58 bits per heavy atom. The highest BCUT2D eigenvalue weighted by atomic mass is 16.6. The van der Waals surface area contributed by atoms with Crippen molar-refractivity contribution in [3.63, 3.8) is 0 Å². The van der Waals surface area contributed by atoms with Crippen LogP contribution in [0.3, 0.4) is 0 Å². The molecule has 1 saturated heterocycles. The third kappa shape index (κ3) is 1.53. The first-order valence-electron chi connectivity index (χ1n) is 4.28. The second-order valence-corrected chi connectivity index (χ2v) is 3.11. The van der Waals surface area contributed by atoms with Crippen LogP contribution in [0.1, 0.15) is 26.7 Å². The van der Waals surface area contributed by atoms with Crippen molar-refractivity contribution in [1.82, 2.24) is 5.32 Å². The number of hydrogen-bond acceptors (Lipinski definition) is 3. The third-order valence-electron chi connectivity index (χ3n) is 2.55. The number of rotatable bonds is 3. The summed E-state index contributed by atoms with van der Waals surface area (Å²) in [6.07, 6.45) is 0.815. The van der Waals surface area contributed by atoms with E-state index in [1.807, 2.05) is 13.8 Å². The Morgan fingerprint density at radius 2 is 2.25 bits per heavy atom. The lowest BCUT2D eigenvalue weighted by Crippen LogP contribution is -2.49. The highest BCUT2D eigenvalue weighted by molar-refractivity contribution is 5.69. The normalized spacial score (nSPS) is 23.6. The maximum atomic E-state index is 10.7. The predicted molar refractivity (Wildman–Crippen MR) is 43.8 cm³/mol. The Balaban J connectivity index is 2.61. The predicted octanol–water partition coefficient (Wildman–Crippen LogP) is 0.646. The van der Waals surface area contributed by atoms with Gasteiger partial charge in [0, 0.05) is 0 Å². The summed E-state index contributed by atoms with van der Waals surface area (Å²) in [4.78, 5) is 10.7. The van der Waals surface area contributed by atoms with Crippen LogP contribution in [0.25, 0.3) is 0 Å². The van der Waals surface area contributed by atoms with Gasteiger partial charge >= 0.3 is 6.09 Å². The molecule has 0 saturated carbocycles. The molecule has 0 bridgehead atoms. The van der Waals surface area contributed by atoms with Gasteiger partial charge in [-0.25, -0.2) is 4.79 Å². The molecule has 0 spiro atoms. The first-order chi connectivity index (χ1) is 5.62. The Hall–Kier alpha value is -0.770. The fourth-order valence-electron chi connectivity index (χ4n) is 1.42. The van der Waals surface area contributed by atoms with Gasteiger partial charge in [0.2, 0.25) is 0 Å². The molecule has 2 N–H and O–H groups in total. The van der Waals surface area contributed by atoms with Crippen LogP contribution in [-0.4, -0.2) is 29.4 Å². The standard InChI is InChI=1S/C8H15NO3/c1-3-8(11,4-2)6-5-12-7(10)9-6/h6,11H,3-5H2,1-2H3,(H,9,10). The minimum atomic E-state index is -0.813. The lowest BCUT2D eigenvalue weighted by molar-refractivity contribution is -0.00265. The van der Waals surface area contributed by atoms with Gasteiger partial charge in [-0.05, 0) is 12.8 Å². The fourth-order valence-corrected chi connectivity index (χ4v) is 1.42. The van der Waals surface area contributed by atoms with Gasteiger partial charge in [-0.3, -0.25) is 0 Å². The molecule has 1 atom stereocenters. The largest absolute Gasteiger partial charge is 0.447 e. The molecule has 0 aromatic rings. The maximum absolute atomic E-state index is 10.7. The molecule has 0 aliphatic carbocycles. The minimum Gasteiger partial charge on any atom is -0.447 e. The van der Waals surface area contributed by atoms with Gasteiger partial charge in [-0.1, -0.05) is 13.8 Å². The van der Waals surface area contributed by atoms with Crippen LogP contribution >= 0.6 is 0 Å². The Morgan fingerprint density at radius 1 is 1.67 bits per heavy atom. The Bertz CT molecular complexity index is 177. The van der Waals surface area contributed by atoms with E-state index >= 15 is 0 Å². The monoisotopic (exact) mass is 173 g/mol. The molecule has 0 radical (unpaired) electrons. The van der Waals surface area contributed by atoms with Gasteiger partial charge in [-0.2, -0.15) is 0 Å². The molecule has 1 fully saturated rings. The van der Waals surface area contributed by atoms with Crippen LogP contribution in [0, 0.1) is 0 Å². The van der Waals surface area contributed by atoms with E-state index in [2.05, 4.69) is 5.32 Å². The van der Waals surface area contributed by atoms with E-state index in [0.717, 1.165) is 0 Å². The van der Waals surface area contributed by atoms with Crippen molar-refractivity contribution in [2.24, 2.45) is 0 Å². The van der Waals surface area contributed by atoms with E-state index < -0.39 is 11.7 Å². The zero-order valence-electron chi connectivity index (χ0n) is 7.46. The first-order valence-corrected chi connectivity index (χ1v) is 4.28. The van der Waals surface area contributed by atoms with Crippen molar-refractivity contribution in [3.05, 3.63) is 0 Å². The van der Waals surface area contributed by atoms with Crippen LogP contribution in [0.4, 0.5) is 4.79 Å². The summed E-state index contributed by atoms with van der Waals surface area (Å²) in [6.45, 7) is 4.07. The van der Waals surface area contributed by atoms with Gasteiger partial charge in [0.05, 0.1) is 11.6 Å². The zero-order chi connectivity index (χ0) is 9.19. The van der Waals surface area contributed by atoms with E-state index in [1.54, 1.807) is 0 Å². The molecule has 4 heteroatoms. The topological polar surface area (TPSA) is 58.6 Å². The number of carbonyl (C=O) groups excluding carboxylic acids is 1. The van der Waals surface area contributed by atoms with E-state index in [-0.39, 0.29) is 12.6 Å². The van der Waals surface area contributed by atoms with Gasteiger partial charge in [-0.15, -0.1) is 0 Å². The van der Waals surface area contributed by atoms with E-state index in [1.165, 1.54) is 0 Å². The summed E-state index contributed by atoms with van der Waals surface area (Å²) in [5.74, 6) is 0. The van der Waals surface area contributed by atoms with Crippen LogP contribution < -0.4 is 5.32 Å². The summed E-state index contributed by atoms with van der Waals surface area (Å²) in [6, 6.07) is -0.250. The van der Waals surface area contributed by atoms with E-state index in [0.29, 0.717) is 12.8 Å². The summed E-state index contributed by atoms with van der Waals surface area (Å²) < 4.78 is 4.71. The van der Waals surface area contributed by atoms with Crippen LogP contribution in [-0.2, 0) is 4.74 Å². The van der Waals surface area contributed by atoms with Crippen molar-refractivity contribution in [2.45, 2.75) is 38.3 Å². The molecule has 1 heterocycles. The average Bonchev–Trinajstić information content (AvgIpc) is 2.51. The molecular formula is C8H15NO3. The molecule has 1 rings (SSSR count). The minimum absolute atomic E-state index is 0.250. The lowest BCUT2D eigenvalue weighted by atomic mass is 9.89. The van der Waals surface area contributed by atoms with Crippen molar-refractivity contribution >= 4 is 6.09 Å². The quantitative estimate of drug-likeness (QED) is 0.658. The first kappa shape index (κ1) is 9.32. The van der Waals surface area contributed by atoms with Crippen molar-refractivity contribution < 1.29 is 14.6 Å². The summed E-state index contributed by atoms with van der Waals surface area (Å²) in [5, 5.41) is 12.5. The molecular weight excluding hydrogens is 158 g/mol. The number of alkyl carbamates (subject to hydrolysis) is 1. The fraction of sp³-hybridized carbons (Fsp3) is 0.875. The third-order valence-corrected chi connectivity index (χ3v) is 2.55. The number of nitrogens with one attached hydrogen (secondary N) is 1. The molecule has 70 valence electrons. The lowest BCUT2D eigenvalue weighted by Gasteiger charge is -2.29. The van der Waals surface area contributed by atoms with Gasteiger partial charge < -0.3 is 15.2 Å². The second kappa shape index (κ2) is 3.31. The van der Waals surface area contributed by atoms with Gasteiger partial charge in [0.1, 0.15) is 6.61 Å². The number of ether oxygens (including phenoxy) is 1. The van der Waals surface area contributed by atoms with Crippen molar-refractivity contribution in [1.29, 1.82) is 0 Å². The summed E-state index contributed by atoms with van der Waals surface area (Å²) >= 11 is 0. The highest BCUT2D eigenvalue weighted by Gasteiger charge is 2.39. The smallest absolute Gasteiger partial charge is 0.407 e. The number of hydrogen-bond donors (Lipinski definition) is 2. The number of cyclic esters (lactones) is 1. The van der Waals surface area contributed by atoms with E-state index in [9.17, 15) is 9.90 Å². The van der Waals surface area contributed by atoms with Crippen molar-refractivity contribution in [3.8, 4) is 0 Å². The molecule has 1 unspecified atom stereocenters. The van der Waals surface area contributed by atoms with Crippen LogP contribution in [0.2, 0.25) is 0 Å². The molecule has 4 nitrogen and oxygen atoms in total.